The first-order valence-corrected chi connectivity index (χ1v) is 7.84. The maximum atomic E-state index is 10.5. The molecule has 0 aliphatic heterocycles. The number of aliphatic hydroxyl groups excluding tert-OH is 4. The van der Waals surface area contributed by atoms with E-state index < -0.39 is 45.4 Å². The highest BCUT2D eigenvalue weighted by Gasteiger charge is 2.32. The molecule has 0 saturated carbocycles. The lowest BCUT2D eigenvalue weighted by Gasteiger charge is -2.29. The molecule has 10 heteroatoms. The zero-order valence-corrected chi connectivity index (χ0v) is 12.2. The van der Waals surface area contributed by atoms with Gasteiger partial charge in [0.2, 0.25) is 0 Å². The van der Waals surface area contributed by atoms with Crippen LogP contribution in [0.5, 0.6) is 0 Å². The molecule has 9 nitrogen and oxygen atoms in total. The van der Waals surface area contributed by atoms with Crippen molar-refractivity contribution in [2.24, 2.45) is 0 Å². The minimum absolute atomic E-state index is 0.464. The maximum Gasteiger partial charge on any atom is 0.469 e. The van der Waals surface area contributed by atoms with E-state index in [1.165, 1.54) is 0 Å². The molecule has 4 atom stereocenters. The molecule has 0 amide bonds. The van der Waals surface area contributed by atoms with Crippen LogP contribution in [0.15, 0.2) is 0 Å². The van der Waals surface area contributed by atoms with Crippen molar-refractivity contribution in [3.63, 3.8) is 0 Å². The molecule has 0 aliphatic rings. The molecule has 7 N–H and O–H groups in total. The monoisotopic (exact) mass is 317 g/mol. The molecule has 0 spiro atoms. The smallest absolute Gasteiger partial charge is 0.395 e. The lowest BCUT2D eigenvalue weighted by molar-refractivity contribution is -0.0906. The minimum atomic E-state index is -4.76. The van der Waals surface area contributed by atoms with Gasteiger partial charge in [0.05, 0.1) is 25.4 Å². The quantitative estimate of drug-likeness (QED) is 0.168. The SMILES string of the molecule is CCCCN[C@@H](CO)[C@@H](O)[C@H](O)[C@H](O)COP(=O)(O)O. The Morgan fingerprint density at radius 3 is 2.25 bits per heavy atom. The number of hydrogen-bond acceptors (Lipinski definition) is 7. The van der Waals surface area contributed by atoms with E-state index in [4.69, 9.17) is 14.9 Å². The average molecular weight is 317 g/mol. The van der Waals surface area contributed by atoms with Gasteiger partial charge in [-0.3, -0.25) is 4.52 Å². The van der Waals surface area contributed by atoms with Crippen LogP contribution in [0, 0.1) is 0 Å². The Bertz CT molecular complexity index is 299. The second-order valence-corrected chi connectivity index (χ2v) is 5.67. The molecule has 20 heavy (non-hydrogen) atoms. The Kier molecular flexibility index (Phi) is 9.73. The highest BCUT2D eigenvalue weighted by molar-refractivity contribution is 7.46. The van der Waals surface area contributed by atoms with Gasteiger partial charge in [0.15, 0.2) is 0 Å². The third kappa shape index (κ3) is 8.25. The fraction of sp³-hybridized carbons (Fsp3) is 1.00. The molecule has 0 unspecified atom stereocenters. The van der Waals surface area contributed by atoms with Gasteiger partial charge in [-0.25, -0.2) is 4.57 Å². The summed E-state index contributed by atoms with van der Waals surface area (Å²) in [6, 6.07) is -0.860. The van der Waals surface area contributed by atoms with Crippen molar-refractivity contribution >= 4 is 7.82 Å². The van der Waals surface area contributed by atoms with E-state index >= 15 is 0 Å². The summed E-state index contributed by atoms with van der Waals surface area (Å²) in [6.07, 6.45) is -3.20. The Labute approximate surface area is 117 Å². The Balaban J connectivity index is 4.33. The summed E-state index contributed by atoms with van der Waals surface area (Å²) in [5.74, 6) is 0. The standard InChI is InChI=1S/C10H24NO8P/c1-2-3-4-11-7(5-12)9(14)10(15)8(13)6-19-20(16,17)18/h7-15H,2-6H2,1H3,(H2,16,17,18)/t7-,8+,9+,10+/m0/s1. The largest absolute Gasteiger partial charge is 0.469 e. The lowest BCUT2D eigenvalue weighted by atomic mass is 10.0. The van der Waals surface area contributed by atoms with Crippen molar-refractivity contribution in [1.82, 2.24) is 5.32 Å². The van der Waals surface area contributed by atoms with Crippen LogP contribution < -0.4 is 5.32 Å². The lowest BCUT2D eigenvalue weighted by Crippen LogP contribution is -2.53. The molecule has 0 radical (unpaired) electrons. The predicted molar refractivity (Wildman–Crippen MR) is 69.8 cm³/mol. The van der Waals surface area contributed by atoms with Gasteiger partial charge in [-0.1, -0.05) is 13.3 Å². The van der Waals surface area contributed by atoms with Crippen LogP contribution in [0.3, 0.4) is 0 Å². The number of unbranched alkanes of at least 4 members (excludes halogenated alkanes) is 1. The second-order valence-electron chi connectivity index (χ2n) is 4.43. The Morgan fingerprint density at radius 2 is 1.80 bits per heavy atom. The third-order valence-corrected chi connectivity index (χ3v) is 3.19. The zero-order valence-electron chi connectivity index (χ0n) is 11.3. The van der Waals surface area contributed by atoms with Crippen LogP contribution in [0.4, 0.5) is 0 Å². The van der Waals surface area contributed by atoms with Crippen molar-refractivity contribution in [3.8, 4) is 0 Å². The molecule has 0 heterocycles. The third-order valence-electron chi connectivity index (χ3n) is 2.70. The van der Waals surface area contributed by atoms with Crippen molar-refractivity contribution in [1.29, 1.82) is 0 Å². The maximum absolute atomic E-state index is 10.5. The van der Waals surface area contributed by atoms with Crippen LogP contribution in [0.2, 0.25) is 0 Å². The van der Waals surface area contributed by atoms with Crippen molar-refractivity contribution in [3.05, 3.63) is 0 Å². The van der Waals surface area contributed by atoms with Gasteiger partial charge in [-0.2, -0.15) is 0 Å². The van der Waals surface area contributed by atoms with Crippen molar-refractivity contribution in [2.45, 2.75) is 44.1 Å². The van der Waals surface area contributed by atoms with Gasteiger partial charge >= 0.3 is 7.82 Å². The van der Waals surface area contributed by atoms with E-state index in [-0.39, 0.29) is 0 Å². The Hall–Kier alpha value is -0.0900. The fourth-order valence-electron chi connectivity index (χ4n) is 1.50. The first-order valence-electron chi connectivity index (χ1n) is 6.31. The number of rotatable bonds is 11. The first kappa shape index (κ1) is 19.9. The van der Waals surface area contributed by atoms with Crippen LogP contribution in [0.1, 0.15) is 19.8 Å². The molecule has 0 aliphatic carbocycles. The highest BCUT2D eigenvalue weighted by atomic mass is 31.2. The zero-order chi connectivity index (χ0) is 15.8. The molecule has 0 aromatic carbocycles. The van der Waals surface area contributed by atoms with Crippen LogP contribution in [-0.2, 0) is 9.09 Å². The van der Waals surface area contributed by atoms with Gasteiger partial charge in [0.25, 0.3) is 0 Å². The van der Waals surface area contributed by atoms with Gasteiger partial charge in [0, 0.05) is 0 Å². The summed E-state index contributed by atoms with van der Waals surface area (Å²) < 4.78 is 14.5. The normalized spacial score (nSPS) is 18.6. The van der Waals surface area contributed by atoms with E-state index in [0.717, 1.165) is 12.8 Å². The summed E-state index contributed by atoms with van der Waals surface area (Å²) in [7, 11) is -4.76. The van der Waals surface area contributed by atoms with E-state index in [9.17, 15) is 19.9 Å². The topological polar surface area (TPSA) is 160 Å². The molecular weight excluding hydrogens is 293 g/mol. The molecule has 0 rings (SSSR count). The van der Waals surface area contributed by atoms with Crippen LogP contribution in [-0.4, -0.2) is 74.3 Å². The van der Waals surface area contributed by atoms with Crippen molar-refractivity contribution < 1.29 is 39.3 Å². The fourth-order valence-corrected chi connectivity index (χ4v) is 1.84. The molecule has 122 valence electrons. The summed E-state index contributed by atoms with van der Waals surface area (Å²) in [5.41, 5.74) is 0. The van der Waals surface area contributed by atoms with Gasteiger partial charge < -0.3 is 35.5 Å². The van der Waals surface area contributed by atoms with Crippen LogP contribution in [0.25, 0.3) is 0 Å². The molecule has 0 aromatic heterocycles. The first-order chi connectivity index (χ1) is 9.22. The number of hydrogen-bond donors (Lipinski definition) is 7. The number of nitrogens with one attached hydrogen (secondary N) is 1. The van der Waals surface area contributed by atoms with Gasteiger partial charge in [-0.15, -0.1) is 0 Å². The van der Waals surface area contributed by atoms with E-state index in [2.05, 4.69) is 9.84 Å². The summed E-state index contributed by atoms with van der Waals surface area (Å²) in [4.78, 5) is 16.9. The summed E-state index contributed by atoms with van der Waals surface area (Å²) in [5, 5.41) is 40.9. The van der Waals surface area contributed by atoms with E-state index in [0.29, 0.717) is 6.54 Å². The molecule has 0 fully saturated rings. The number of aliphatic hydroxyl groups is 4. The minimum Gasteiger partial charge on any atom is -0.395 e. The molecule has 0 saturated heterocycles. The second kappa shape index (κ2) is 9.78. The van der Waals surface area contributed by atoms with Crippen molar-refractivity contribution in [2.75, 3.05) is 19.8 Å². The van der Waals surface area contributed by atoms with E-state index in [1.807, 2.05) is 6.92 Å². The van der Waals surface area contributed by atoms with Gasteiger partial charge in [0.1, 0.15) is 12.2 Å². The Morgan fingerprint density at radius 1 is 1.20 bits per heavy atom. The number of phosphoric acid groups is 1. The predicted octanol–water partition coefficient (Wildman–Crippen LogP) is -2.07. The molecular formula is C10H24NO8P. The number of phosphoric ester groups is 1. The summed E-state index contributed by atoms with van der Waals surface area (Å²) in [6.45, 7) is 1.17. The average Bonchev–Trinajstić information content (AvgIpc) is 2.38. The highest BCUT2D eigenvalue weighted by Crippen LogP contribution is 2.35. The summed E-state index contributed by atoms with van der Waals surface area (Å²) >= 11 is 0. The molecule has 0 bridgehead atoms. The molecule has 0 aromatic rings. The van der Waals surface area contributed by atoms with Gasteiger partial charge in [-0.05, 0) is 13.0 Å². The van der Waals surface area contributed by atoms with Crippen LogP contribution >= 0.6 is 7.82 Å². The van der Waals surface area contributed by atoms with E-state index in [1.54, 1.807) is 0 Å².